The molecular weight excluding hydrogens is 224 g/mol. The molecule has 1 aromatic rings. The molecule has 1 fully saturated rings. The fourth-order valence-corrected chi connectivity index (χ4v) is 2.74. The zero-order valence-corrected chi connectivity index (χ0v) is 11.4. The third-order valence-corrected chi connectivity index (χ3v) is 4.14. The van der Waals surface area contributed by atoms with Gasteiger partial charge in [0.1, 0.15) is 5.82 Å². The lowest BCUT2D eigenvalue weighted by atomic mass is 9.86. The first-order valence-electron chi connectivity index (χ1n) is 6.74. The average Bonchev–Trinajstić information content (AvgIpc) is 2.39. The van der Waals surface area contributed by atoms with Gasteiger partial charge in [0.15, 0.2) is 0 Å². The van der Waals surface area contributed by atoms with E-state index >= 15 is 0 Å². The minimum atomic E-state index is -0.107. The Morgan fingerprint density at radius 1 is 1.28 bits per heavy atom. The van der Waals surface area contributed by atoms with Crippen LogP contribution in [0.5, 0.6) is 0 Å². The van der Waals surface area contributed by atoms with Gasteiger partial charge in [-0.25, -0.2) is 4.98 Å². The molecule has 1 aliphatic heterocycles. The molecule has 1 aromatic heterocycles. The van der Waals surface area contributed by atoms with Gasteiger partial charge in [-0.3, -0.25) is 4.90 Å². The number of pyridine rings is 1. The molecule has 18 heavy (non-hydrogen) atoms. The van der Waals surface area contributed by atoms with Crippen molar-refractivity contribution in [2.24, 2.45) is 5.73 Å². The largest absolute Gasteiger partial charge is 0.383 e. The number of piperidine rings is 1. The van der Waals surface area contributed by atoms with Gasteiger partial charge in [0.2, 0.25) is 0 Å². The lowest BCUT2D eigenvalue weighted by Crippen LogP contribution is -2.53. The van der Waals surface area contributed by atoms with Gasteiger partial charge >= 0.3 is 0 Å². The molecule has 1 aliphatic rings. The van der Waals surface area contributed by atoms with E-state index in [1.54, 1.807) is 6.20 Å². The molecule has 2 rings (SSSR count). The summed E-state index contributed by atoms with van der Waals surface area (Å²) in [7, 11) is 0. The molecule has 4 nitrogen and oxygen atoms in total. The van der Waals surface area contributed by atoms with Crippen molar-refractivity contribution in [2.75, 3.05) is 18.8 Å². The van der Waals surface area contributed by atoms with Crippen LogP contribution in [-0.4, -0.2) is 28.5 Å². The Morgan fingerprint density at radius 3 is 2.56 bits per heavy atom. The molecule has 0 spiro atoms. The Labute approximate surface area is 109 Å². The zero-order chi connectivity index (χ0) is 13.2. The Balaban J connectivity index is 2.20. The first-order valence-corrected chi connectivity index (χ1v) is 6.74. The Bertz CT molecular complexity index is 397. The summed E-state index contributed by atoms with van der Waals surface area (Å²) in [6.07, 6.45) is 5.56. The highest BCUT2D eigenvalue weighted by Gasteiger charge is 2.35. The first-order chi connectivity index (χ1) is 8.53. The van der Waals surface area contributed by atoms with Crippen molar-refractivity contribution in [1.29, 1.82) is 0 Å². The van der Waals surface area contributed by atoms with Crippen molar-refractivity contribution in [3.63, 3.8) is 0 Å². The van der Waals surface area contributed by atoms with Crippen LogP contribution >= 0.6 is 0 Å². The lowest BCUT2D eigenvalue weighted by Gasteiger charge is -2.44. The van der Waals surface area contributed by atoms with Crippen molar-refractivity contribution in [2.45, 2.75) is 44.7 Å². The van der Waals surface area contributed by atoms with E-state index in [0.29, 0.717) is 5.82 Å². The second-order valence-electron chi connectivity index (χ2n) is 5.66. The van der Waals surface area contributed by atoms with Gasteiger partial charge in [-0.15, -0.1) is 0 Å². The third-order valence-electron chi connectivity index (χ3n) is 4.14. The van der Waals surface area contributed by atoms with Crippen LogP contribution in [0.2, 0.25) is 0 Å². The van der Waals surface area contributed by atoms with Crippen molar-refractivity contribution < 1.29 is 0 Å². The van der Waals surface area contributed by atoms with Crippen molar-refractivity contribution in [3.8, 4) is 0 Å². The quantitative estimate of drug-likeness (QED) is 0.857. The van der Waals surface area contributed by atoms with Gasteiger partial charge in [-0.05, 0) is 45.8 Å². The first kappa shape index (κ1) is 13.3. The standard InChI is InChI=1S/C14H24N4/c1-14(2,18-9-4-3-5-10-18)12(15)11-7-6-8-17-13(11)16/h6-8,12H,3-5,9-10,15H2,1-2H3,(H2,16,17). The summed E-state index contributed by atoms with van der Waals surface area (Å²) >= 11 is 0. The zero-order valence-electron chi connectivity index (χ0n) is 11.4. The fraction of sp³-hybridized carbons (Fsp3) is 0.643. The van der Waals surface area contributed by atoms with Crippen LogP contribution in [-0.2, 0) is 0 Å². The second kappa shape index (κ2) is 5.24. The predicted molar refractivity (Wildman–Crippen MR) is 75.1 cm³/mol. The summed E-state index contributed by atoms with van der Waals surface area (Å²) in [5.41, 5.74) is 13.2. The van der Waals surface area contributed by atoms with Crippen LogP contribution in [0.25, 0.3) is 0 Å². The van der Waals surface area contributed by atoms with Crippen molar-refractivity contribution >= 4 is 5.82 Å². The monoisotopic (exact) mass is 248 g/mol. The van der Waals surface area contributed by atoms with Gasteiger partial charge in [0.25, 0.3) is 0 Å². The van der Waals surface area contributed by atoms with Crippen LogP contribution < -0.4 is 11.5 Å². The number of rotatable bonds is 3. The highest BCUT2D eigenvalue weighted by Crippen LogP contribution is 2.32. The Hall–Kier alpha value is -1.13. The van der Waals surface area contributed by atoms with E-state index in [9.17, 15) is 0 Å². The topological polar surface area (TPSA) is 68.2 Å². The van der Waals surface area contributed by atoms with E-state index in [2.05, 4.69) is 23.7 Å². The number of hydrogen-bond donors (Lipinski definition) is 2. The van der Waals surface area contributed by atoms with E-state index in [4.69, 9.17) is 11.5 Å². The van der Waals surface area contributed by atoms with Crippen LogP contribution in [0.4, 0.5) is 5.82 Å². The minimum absolute atomic E-state index is 0.0857. The molecule has 4 heteroatoms. The second-order valence-corrected chi connectivity index (χ2v) is 5.66. The fourth-order valence-electron chi connectivity index (χ4n) is 2.74. The smallest absolute Gasteiger partial charge is 0.128 e. The minimum Gasteiger partial charge on any atom is -0.383 e. The lowest BCUT2D eigenvalue weighted by molar-refractivity contribution is 0.0731. The maximum absolute atomic E-state index is 6.44. The van der Waals surface area contributed by atoms with Crippen LogP contribution in [0.15, 0.2) is 18.3 Å². The molecule has 4 N–H and O–H groups in total. The summed E-state index contributed by atoms with van der Waals surface area (Å²) in [4.78, 5) is 6.62. The molecular formula is C14H24N4. The maximum atomic E-state index is 6.44. The molecule has 0 aromatic carbocycles. The summed E-state index contributed by atoms with van der Waals surface area (Å²) in [5.74, 6) is 0.551. The summed E-state index contributed by atoms with van der Waals surface area (Å²) in [6, 6.07) is 3.78. The number of nitrogen functional groups attached to an aromatic ring is 1. The van der Waals surface area contributed by atoms with Crippen molar-refractivity contribution in [3.05, 3.63) is 23.9 Å². The Morgan fingerprint density at radius 2 is 1.94 bits per heavy atom. The van der Waals surface area contributed by atoms with Gasteiger partial charge in [0, 0.05) is 17.3 Å². The van der Waals surface area contributed by atoms with E-state index < -0.39 is 0 Å². The summed E-state index contributed by atoms with van der Waals surface area (Å²) < 4.78 is 0. The van der Waals surface area contributed by atoms with Gasteiger partial charge in [-0.1, -0.05) is 12.5 Å². The maximum Gasteiger partial charge on any atom is 0.128 e. The third kappa shape index (κ3) is 2.49. The van der Waals surface area contributed by atoms with Gasteiger partial charge in [0.05, 0.1) is 6.04 Å². The van der Waals surface area contributed by atoms with Crippen LogP contribution in [0.1, 0.15) is 44.7 Å². The number of nitrogens with zero attached hydrogens (tertiary/aromatic N) is 2. The van der Waals surface area contributed by atoms with Crippen LogP contribution in [0.3, 0.4) is 0 Å². The van der Waals surface area contributed by atoms with Crippen molar-refractivity contribution in [1.82, 2.24) is 9.88 Å². The molecule has 0 radical (unpaired) electrons. The molecule has 0 bridgehead atoms. The molecule has 2 heterocycles. The molecule has 0 saturated carbocycles. The Kier molecular flexibility index (Phi) is 3.88. The molecule has 1 atom stereocenters. The number of nitrogens with two attached hydrogens (primary N) is 2. The molecule has 0 amide bonds. The molecule has 1 saturated heterocycles. The summed E-state index contributed by atoms with van der Waals surface area (Å²) in [6.45, 7) is 6.66. The van der Waals surface area contributed by atoms with E-state index in [1.807, 2.05) is 12.1 Å². The van der Waals surface area contributed by atoms with Crippen LogP contribution in [0, 0.1) is 0 Å². The van der Waals surface area contributed by atoms with Gasteiger partial charge < -0.3 is 11.5 Å². The highest BCUT2D eigenvalue weighted by molar-refractivity contribution is 5.42. The van der Waals surface area contributed by atoms with Gasteiger partial charge in [-0.2, -0.15) is 0 Å². The number of aromatic nitrogens is 1. The average molecular weight is 248 g/mol. The summed E-state index contributed by atoms with van der Waals surface area (Å²) in [5, 5.41) is 0. The molecule has 0 aliphatic carbocycles. The predicted octanol–water partition coefficient (Wildman–Crippen LogP) is 1.93. The number of anilines is 1. The highest BCUT2D eigenvalue weighted by atomic mass is 15.2. The van der Waals surface area contributed by atoms with E-state index in [0.717, 1.165) is 18.7 Å². The number of hydrogen-bond acceptors (Lipinski definition) is 4. The normalized spacial score (nSPS) is 19.7. The van der Waals surface area contributed by atoms with E-state index in [-0.39, 0.29) is 11.6 Å². The van der Waals surface area contributed by atoms with E-state index in [1.165, 1.54) is 19.3 Å². The molecule has 100 valence electrons. The number of likely N-dealkylation sites (tertiary alicyclic amines) is 1. The SMILES string of the molecule is CC(C)(C(N)c1cccnc1N)N1CCCCC1. The molecule has 1 unspecified atom stereocenters.